The molecule has 1 aliphatic carbocycles. The van der Waals surface area contributed by atoms with Crippen molar-refractivity contribution >= 4 is 12.0 Å². The van der Waals surface area contributed by atoms with Gasteiger partial charge in [-0.05, 0) is 42.5 Å². The van der Waals surface area contributed by atoms with Crippen LogP contribution in [0.15, 0.2) is 30.3 Å². The van der Waals surface area contributed by atoms with Crippen LogP contribution in [0.5, 0.6) is 5.75 Å². The van der Waals surface area contributed by atoms with Crippen LogP contribution in [0.4, 0.5) is 0 Å². The average molecular weight is 232 g/mol. The highest BCUT2D eigenvalue weighted by Gasteiger charge is 2.22. The monoisotopic (exact) mass is 232 g/mol. The number of hydrogen-bond donors (Lipinski definition) is 0. The molecular formula is C14H16O3. The van der Waals surface area contributed by atoms with Gasteiger partial charge < -0.3 is 9.47 Å². The Bertz CT molecular complexity index is 402. The van der Waals surface area contributed by atoms with Gasteiger partial charge in [0.2, 0.25) is 0 Å². The Labute approximate surface area is 101 Å². The zero-order valence-corrected chi connectivity index (χ0v) is 9.89. The summed E-state index contributed by atoms with van der Waals surface area (Å²) in [6.07, 6.45) is 5.59. The number of carbonyl (C=O) groups is 1. The van der Waals surface area contributed by atoms with E-state index in [0.29, 0.717) is 12.5 Å². The van der Waals surface area contributed by atoms with Crippen LogP contribution < -0.4 is 4.74 Å². The molecule has 0 heterocycles. The lowest BCUT2D eigenvalue weighted by atomic mass is 10.2. The van der Waals surface area contributed by atoms with Crippen LogP contribution in [0.1, 0.15) is 18.4 Å². The Morgan fingerprint density at radius 3 is 2.65 bits per heavy atom. The zero-order valence-electron chi connectivity index (χ0n) is 9.89. The van der Waals surface area contributed by atoms with Crippen LogP contribution >= 0.6 is 0 Å². The molecule has 0 N–H and O–H groups in total. The molecule has 0 aromatic heterocycles. The van der Waals surface area contributed by atoms with E-state index in [4.69, 9.17) is 9.47 Å². The third kappa shape index (κ3) is 3.94. The molecule has 90 valence electrons. The van der Waals surface area contributed by atoms with E-state index in [1.54, 1.807) is 13.2 Å². The van der Waals surface area contributed by atoms with Gasteiger partial charge >= 0.3 is 5.97 Å². The van der Waals surface area contributed by atoms with Crippen LogP contribution in [0.3, 0.4) is 0 Å². The van der Waals surface area contributed by atoms with Gasteiger partial charge in [-0.2, -0.15) is 0 Å². The van der Waals surface area contributed by atoms with Gasteiger partial charge in [0.05, 0.1) is 13.7 Å². The summed E-state index contributed by atoms with van der Waals surface area (Å²) >= 11 is 0. The van der Waals surface area contributed by atoms with Crippen molar-refractivity contribution in [3.63, 3.8) is 0 Å². The molecule has 0 aliphatic heterocycles. The summed E-state index contributed by atoms with van der Waals surface area (Å²) in [5, 5.41) is 0. The second kappa shape index (κ2) is 5.53. The topological polar surface area (TPSA) is 35.5 Å². The number of carbonyl (C=O) groups excluding carboxylic acids is 1. The number of esters is 1. The maximum atomic E-state index is 11.3. The molecule has 17 heavy (non-hydrogen) atoms. The second-order valence-corrected chi connectivity index (χ2v) is 4.18. The van der Waals surface area contributed by atoms with Crippen molar-refractivity contribution in [2.75, 3.05) is 13.7 Å². The van der Waals surface area contributed by atoms with E-state index in [-0.39, 0.29) is 5.97 Å². The second-order valence-electron chi connectivity index (χ2n) is 4.18. The molecule has 0 bridgehead atoms. The zero-order chi connectivity index (χ0) is 12.1. The fourth-order valence-electron chi connectivity index (χ4n) is 1.41. The fraction of sp³-hybridized carbons (Fsp3) is 0.357. The molecule has 0 radical (unpaired) electrons. The Balaban J connectivity index is 1.82. The normalized spacial score (nSPS) is 14.9. The number of ether oxygens (including phenoxy) is 2. The van der Waals surface area contributed by atoms with Gasteiger partial charge in [-0.1, -0.05) is 12.1 Å². The van der Waals surface area contributed by atoms with Crippen molar-refractivity contribution < 1.29 is 14.3 Å². The minimum absolute atomic E-state index is 0.271. The van der Waals surface area contributed by atoms with E-state index in [1.165, 1.54) is 18.9 Å². The van der Waals surface area contributed by atoms with Crippen LogP contribution in [-0.2, 0) is 9.53 Å². The number of rotatable bonds is 5. The van der Waals surface area contributed by atoms with E-state index >= 15 is 0 Å². The van der Waals surface area contributed by atoms with Gasteiger partial charge in [0.1, 0.15) is 5.75 Å². The first-order valence-corrected chi connectivity index (χ1v) is 5.77. The molecule has 0 spiro atoms. The van der Waals surface area contributed by atoms with Crippen molar-refractivity contribution in [3.05, 3.63) is 35.9 Å². The summed E-state index contributed by atoms with van der Waals surface area (Å²) in [4.78, 5) is 11.3. The van der Waals surface area contributed by atoms with Crippen molar-refractivity contribution in [2.45, 2.75) is 12.8 Å². The lowest BCUT2D eigenvalue weighted by Gasteiger charge is -2.00. The Hall–Kier alpha value is -1.77. The average Bonchev–Trinajstić information content (AvgIpc) is 3.18. The van der Waals surface area contributed by atoms with Gasteiger partial charge in [0.25, 0.3) is 0 Å². The molecule has 1 saturated carbocycles. The van der Waals surface area contributed by atoms with Crippen molar-refractivity contribution in [1.82, 2.24) is 0 Å². The summed E-state index contributed by atoms with van der Waals surface area (Å²) in [5.74, 6) is 1.14. The standard InChI is InChI=1S/C14H16O3/c1-16-13-7-4-11(5-8-13)6-9-14(15)17-10-12-2-3-12/h4-9,12H,2-3,10H2,1H3. The SMILES string of the molecule is COc1ccc(C=CC(=O)OCC2CC2)cc1. The highest BCUT2D eigenvalue weighted by atomic mass is 16.5. The maximum Gasteiger partial charge on any atom is 0.330 e. The van der Waals surface area contributed by atoms with Gasteiger partial charge in [0, 0.05) is 6.08 Å². The van der Waals surface area contributed by atoms with Gasteiger partial charge in [0.15, 0.2) is 0 Å². The van der Waals surface area contributed by atoms with Gasteiger partial charge in [-0.25, -0.2) is 4.79 Å². The van der Waals surface area contributed by atoms with Gasteiger partial charge in [-0.15, -0.1) is 0 Å². The number of benzene rings is 1. The van der Waals surface area contributed by atoms with Crippen LogP contribution in [-0.4, -0.2) is 19.7 Å². The third-order valence-electron chi connectivity index (χ3n) is 2.69. The first-order chi connectivity index (χ1) is 8.28. The van der Waals surface area contributed by atoms with Crippen LogP contribution in [0, 0.1) is 5.92 Å². The number of methoxy groups -OCH3 is 1. The van der Waals surface area contributed by atoms with E-state index in [0.717, 1.165) is 11.3 Å². The largest absolute Gasteiger partial charge is 0.497 e. The van der Waals surface area contributed by atoms with Crippen LogP contribution in [0.2, 0.25) is 0 Å². The van der Waals surface area contributed by atoms with E-state index in [2.05, 4.69) is 0 Å². The predicted molar refractivity (Wildman–Crippen MR) is 65.7 cm³/mol. The van der Waals surface area contributed by atoms with Crippen molar-refractivity contribution in [3.8, 4) is 5.75 Å². The molecule has 1 aromatic carbocycles. The quantitative estimate of drug-likeness (QED) is 0.578. The lowest BCUT2D eigenvalue weighted by molar-refractivity contribution is -0.138. The van der Waals surface area contributed by atoms with E-state index in [9.17, 15) is 4.79 Å². The van der Waals surface area contributed by atoms with Crippen molar-refractivity contribution in [2.24, 2.45) is 5.92 Å². The summed E-state index contributed by atoms with van der Waals surface area (Å²) in [6, 6.07) is 7.50. The third-order valence-corrected chi connectivity index (χ3v) is 2.69. The fourth-order valence-corrected chi connectivity index (χ4v) is 1.41. The minimum atomic E-state index is -0.271. The smallest absolute Gasteiger partial charge is 0.330 e. The molecule has 1 fully saturated rings. The molecule has 0 atom stereocenters. The number of hydrogen-bond acceptors (Lipinski definition) is 3. The minimum Gasteiger partial charge on any atom is -0.497 e. The molecule has 3 nitrogen and oxygen atoms in total. The molecule has 0 amide bonds. The summed E-state index contributed by atoms with van der Waals surface area (Å²) < 4.78 is 10.1. The highest BCUT2D eigenvalue weighted by Crippen LogP contribution is 2.28. The molecule has 1 aliphatic rings. The van der Waals surface area contributed by atoms with Crippen LogP contribution in [0.25, 0.3) is 6.08 Å². The molecule has 0 unspecified atom stereocenters. The first-order valence-electron chi connectivity index (χ1n) is 5.77. The summed E-state index contributed by atoms with van der Waals surface area (Å²) in [7, 11) is 1.63. The molecule has 1 aromatic rings. The van der Waals surface area contributed by atoms with E-state index < -0.39 is 0 Å². The Morgan fingerprint density at radius 1 is 1.35 bits per heavy atom. The Morgan fingerprint density at radius 2 is 2.06 bits per heavy atom. The summed E-state index contributed by atoms with van der Waals surface area (Å²) in [6.45, 7) is 0.561. The maximum absolute atomic E-state index is 11.3. The van der Waals surface area contributed by atoms with E-state index in [1.807, 2.05) is 24.3 Å². The molecule has 2 rings (SSSR count). The highest BCUT2D eigenvalue weighted by molar-refractivity contribution is 5.87. The Kier molecular flexibility index (Phi) is 3.81. The molecular weight excluding hydrogens is 216 g/mol. The lowest BCUT2D eigenvalue weighted by Crippen LogP contribution is -2.03. The summed E-state index contributed by atoms with van der Waals surface area (Å²) in [5.41, 5.74) is 0.953. The molecule has 3 heteroatoms. The van der Waals surface area contributed by atoms with Gasteiger partial charge in [-0.3, -0.25) is 0 Å². The first kappa shape index (κ1) is 11.7. The predicted octanol–water partition coefficient (Wildman–Crippen LogP) is 2.66. The molecule has 0 saturated heterocycles. The van der Waals surface area contributed by atoms with Crippen molar-refractivity contribution in [1.29, 1.82) is 0 Å².